The van der Waals surface area contributed by atoms with Crippen molar-refractivity contribution in [2.24, 2.45) is 10.9 Å². The van der Waals surface area contributed by atoms with Crippen LogP contribution >= 0.6 is 11.6 Å². The predicted octanol–water partition coefficient (Wildman–Crippen LogP) is 5.21. The third kappa shape index (κ3) is 3.93. The smallest absolute Gasteiger partial charge is 0.315 e. The highest BCUT2D eigenvalue weighted by atomic mass is 35.5. The molecule has 0 amide bonds. The second-order valence-corrected chi connectivity index (χ2v) is 8.95. The Morgan fingerprint density at radius 2 is 1.82 bits per heavy atom. The number of allylic oxidation sites excluding steroid dienone is 2. The van der Waals surface area contributed by atoms with Crippen molar-refractivity contribution in [2.75, 3.05) is 13.4 Å². The molecule has 1 unspecified atom stereocenters. The van der Waals surface area contributed by atoms with E-state index in [0.717, 1.165) is 16.8 Å². The van der Waals surface area contributed by atoms with Crippen molar-refractivity contribution in [1.82, 2.24) is 0 Å². The maximum atomic E-state index is 13.6. The van der Waals surface area contributed by atoms with Crippen LogP contribution in [0.2, 0.25) is 5.02 Å². The molecule has 7 heteroatoms. The third-order valence-corrected chi connectivity index (χ3v) is 6.78. The van der Waals surface area contributed by atoms with E-state index in [9.17, 15) is 9.59 Å². The van der Waals surface area contributed by atoms with Gasteiger partial charge in [-0.05, 0) is 61.6 Å². The van der Waals surface area contributed by atoms with E-state index in [4.69, 9.17) is 30.8 Å². The molecule has 3 atom stereocenters. The molecule has 33 heavy (non-hydrogen) atoms. The normalized spacial score (nSPS) is 23.8. The van der Waals surface area contributed by atoms with Crippen molar-refractivity contribution in [3.63, 3.8) is 0 Å². The standard InChI is InChI=1S/C26H24ClNO5/c1-3-31-26(30)23-14(2)28-19-10-17(15-4-7-18(27)8-5-15)11-20(29)25(19)24(23)16-6-9-21-22(12-16)33-13-32-21/h4-9,12,17,23-24H,3,10-11,13H2,1-2H3/t17-,23?,24+/m1/s1. The van der Waals surface area contributed by atoms with Gasteiger partial charge in [0.15, 0.2) is 17.3 Å². The number of carbonyl (C=O) groups excluding carboxylic acids is 2. The minimum atomic E-state index is -0.667. The number of halogens is 1. The summed E-state index contributed by atoms with van der Waals surface area (Å²) in [7, 11) is 0. The summed E-state index contributed by atoms with van der Waals surface area (Å²) in [5.41, 5.74) is 3.87. The average Bonchev–Trinajstić information content (AvgIpc) is 3.26. The first-order chi connectivity index (χ1) is 16.0. The zero-order chi connectivity index (χ0) is 23.1. The molecule has 5 rings (SSSR count). The summed E-state index contributed by atoms with van der Waals surface area (Å²) < 4.78 is 16.4. The van der Waals surface area contributed by atoms with E-state index in [1.807, 2.05) is 49.4 Å². The Bertz CT molecular complexity index is 1180. The van der Waals surface area contributed by atoms with Crippen molar-refractivity contribution >= 4 is 29.1 Å². The highest BCUT2D eigenvalue weighted by molar-refractivity contribution is 6.30. The van der Waals surface area contributed by atoms with Crippen molar-refractivity contribution in [2.45, 2.75) is 38.5 Å². The van der Waals surface area contributed by atoms with Gasteiger partial charge in [-0.25, -0.2) is 0 Å². The molecule has 0 N–H and O–H groups in total. The number of benzene rings is 2. The number of carbonyl (C=O) groups is 2. The number of rotatable bonds is 4. The van der Waals surface area contributed by atoms with Crippen LogP contribution in [-0.4, -0.2) is 30.9 Å². The highest BCUT2D eigenvalue weighted by Gasteiger charge is 2.45. The lowest BCUT2D eigenvalue weighted by Crippen LogP contribution is -2.38. The van der Waals surface area contributed by atoms with Gasteiger partial charge in [0.05, 0.1) is 6.61 Å². The number of esters is 1. The van der Waals surface area contributed by atoms with Crippen molar-refractivity contribution in [3.05, 3.63) is 69.9 Å². The van der Waals surface area contributed by atoms with Crippen molar-refractivity contribution < 1.29 is 23.8 Å². The SMILES string of the molecule is CCOC(=O)C1C(C)=NC2=C(C(=O)C[C@H](c3ccc(Cl)cc3)C2)[C@H]1c1ccc2c(c1)OCO2. The molecule has 170 valence electrons. The van der Waals surface area contributed by atoms with E-state index in [1.165, 1.54) is 0 Å². The molecule has 0 fully saturated rings. The first-order valence-electron chi connectivity index (χ1n) is 11.1. The fraction of sp³-hybridized carbons (Fsp3) is 0.346. The largest absolute Gasteiger partial charge is 0.465 e. The van der Waals surface area contributed by atoms with E-state index < -0.39 is 11.8 Å². The molecular weight excluding hydrogens is 442 g/mol. The molecule has 0 aromatic heterocycles. The zero-order valence-electron chi connectivity index (χ0n) is 18.5. The Balaban J connectivity index is 1.59. The fourth-order valence-electron chi connectivity index (χ4n) is 5.03. The minimum Gasteiger partial charge on any atom is -0.465 e. The molecule has 0 spiro atoms. The van der Waals surface area contributed by atoms with Crippen LogP contribution in [0.3, 0.4) is 0 Å². The Morgan fingerprint density at radius 1 is 1.09 bits per heavy atom. The van der Waals surface area contributed by atoms with Crippen LogP contribution in [0.1, 0.15) is 49.7 Å². The molecule has 6 nitrogen and oxygen atoms in total. The maximum absolute atomic E-state index is 13.6. The molecule has 0 radical (unpaired) electrons. The van der Waals surface area contributed by atoms with E-state index in [0.29, 0.717) is 40.6 Å². The summed E-state index contributed by atoms with van der Waals surface area (Å²) in [5, 5.41) is 0.660. The summed E-state index contributed by atoms with van der Waals surface area (Å²) in [6.45, 7) is 4.02. The topological polar surface area (TPSA) is 74.2 Å². The lowest BCUT2D eigenvalue weighted by atomic mass is 9.69. The summed E-state index contributed by atoms with van der Waals surface area (Å²) >= 11 is 6.05. The van der Waals surface area contributed by atoms with Gasteiger partial charge in [0.1, 0.15) is 5.92 Å². The summed E-state index contributed by atoms with van der Waals surface area (Å²) in [6, 6.07) is 13.2. The molecule has 2 aliphatic heterocycles. The predicted molar refractivity (Wildman–Crippen MR) is 124 cm³/mol. The molecule has 3 aliphatic rings. The molecule has 0 saturated heterocycles. The Labute approximate surface area is 197 Å². The zero-order valence-corrected chi connectivity index (χ0v) is 19.2. The van der Waals surface area contributed by atoms with Crippen molar-refractivity contribution in [1.29, 1.82) is 0 Å². The second-order valence-electron chi connectivity index (χ2n) is 8.51. The van der Waals surface area contributed by atoms with Gasteiger partial charge < -0.3 is 14.2 Å². The number of fused-ring (bicyclic) bond motifs is 1. The quantitative estimate of drug-likeness (QED) is 0.579. The third-order valence-electron chi connectivity index (χ3n) is 6.53. The van der Waals surface area contributed by atoms with Gasteiger partial charge in [-0.2, -0.15) is 0 Å². The molecule has 1 aliphatic carbocycles. The summed E-state index contributed by atoms with van der Waals surface area (Å²) in [5.74, 6) is -0.240. The number of nitrogens with zero attached hydrogens (tertiary/aromatic N) is 1. The summed E-state index contributed by atoms with van der Waals surface area (Å²) in [4.78, 5) is 31.4. The second kappa shape index (κ2) is 8.67. The first-order valence-corrected chi connectivity index (χ1v) is 11.5. The molecule has 0 bridgehead atoms. The van der Waals surface area contributed by atoms with Crippen LogP contribution in [0.15, 0.2) is 58.7 Å². The van der Waals surface area contributed by atoms with Gasteiger partial charge >= 0.3 is 5.97 Å². The lowest BCUT2D eigenvalue weighted by molar-refractivity contribution is -0.146. The van der Waals surface area contributed by atoms with Crippen LogP contribution in [0.4, 0.5) is 0 Å². The first kappa shape index (κ1) is 21.7. The van der Waals surface area contributed by atoms with Gasteiger partial charge in [0.2, 0.25) is 6.79 Å². The van der Waals surface area contributed by atoms with Gasteiger partial charge in [0, 0.05) is 34.3 Å². The number of hydrogen-bond acceptors (Lipinski definition) is 6. The van der Waals surface area contributed by atoms with E-state index in [-0.39, 0.29) is 31.1 Å². The monoisotopic (exact) mass is 465 g/mol. The van der Waals surface area contributed by atoms with E-state index in [2.05, 4.69) is 0 Å². The van der Waals surface area contributed by atoms with Gasteiger partial charge in [-0.1, -0.05) is 29.8 Å². The van der Waals surface area contributed by atoms with Crippen molar-refractivity contribution in [3.8, 4) is 11.5 Å². The number of ether oxygens (including phenoxy) is 3. The van der Waals surface area contributed by atoms with Crippen LogP contribution in [0.25, 0.3) is 0 Å². The molecule has 2 heterocycles. The number of ketones is 1. The average molecular weight is 466 g/mol. The van der Waals surface area contributed by atoms with Crippen LogP contribution in [0.5, 0.6) is 11.5 Å². The number of aliphatic imine (C=N–C) groups is 1. The lowest BCUT2D eigenvalue weighted by Gasteiger charge is -2.36. The molecular formula is C26H24ClNO5. The molecule has 2 aromatic carbocycles. The number of hydrogen-bond donors (Lipinski definition) is 0. The molecule has 0 saturated carbocycles. The molecule has 2 aromatic rings. The Hall–Kier alpha value is -3.12. The number of Topliss-reactive ketones (excluding diaryl/α,β-unsaturated/α-hetero) is 1. The van der Waals surface area contributed by atoms with E-state index in [1.54, 1.807) is 6.92 Å². The minimum absolute atomic E-state index is 0.00409. The van der Waals surface area contributed by atoms with E-state index >= 15 is 0 Å². The Kier molecular flexibility index (Phi) is 5.71. The van der Waals surface area contributed by atoms with Crippen LogP contribution in [-0.2, 0) is 14.3 Å². The Morgan fingerprint density at radius 3 is 2.58 bits per heavy atom. The summed E-state index contributed by atoms with van der Waals surface area (Å²) in [6.07, 6.45) is 0.974. The highest BCUT2D eigenvalue weighted by Crippen LogP contribution is 2.48. The fourth-order valence-corrected chi connectivity index (χ4v) is 5.16. The van der Waals surface area contributed by atoms with Crippen LogP contribution in [0, 0.1) is 5.92 Å². The van der Waals surface area contributed by atoms with Gasteiger partial charge in [-0.15, -0.1) is 0 Å². The van der Waals surface area contributed by atoms with Crippen LogP contribution < -0.4 is 9.47 Å². The van der Waals surface area contributed by atoms with Gasteiger partial charge in [-0.3, -0.25) is 14.6 Å². The van der Waals surface area contributed by atoms with Gasteiger partial charge in [0.25, 0.3) is 0 Å². The maximum Gasteiger partial charge on any atom is 0.315 e.